The monoisotopic (exact) mass is 475 g/mol. The molecule has 0 atom stereocenters. The molecule has 0 radical (unpaired) electrons. The summed E-state index contributed by atoms with van der Waals surface area (Å²) in [7, 11) is 0. The Kier molecular flexibility index (Phi) is 4.49. The molecule has 1 fully saturated rings. The van der Waals surface area contributed by atoms with Crippen molar-refractivity contribution in [1.82, 2.24) is 19.6 Å². The van der Waals surface area contributed by atoms with Gasteiger partial charge in [-0.3, -0.25) is 4.40 Å². The molecular weight excluding hydrogens is 457 g/mol. The van der Waals surface area contributed by atoms with Gasteiger partial charge in [0.15, 0.2) is 11.6 Å². The summed E-state index contributed by atoms with van der Waals surface area (Å²) < 4.78 is 76.8. The van der Waals surface area contributed by atoms with Gasteiger partial charge in [-0.25, -0.2) is 8.78 Å². The third kappa shape index (κ3) is 3.09. The van der Waals surface area contributed by atoms with Crippen molar-refractivity contribution in [3.8, 4) is 5.75 Å². The zero-order valence-corrected chi connectivity index (χ0v) is 17.7. The lowest BCUT2D eigenvalue weighted by atomic mass is 9.95. The van der Waals surface area contributed by atoms with E-state index in [2.05, 4.69) is 15.2 Å². The zero-order valence-electron chi connectivity index (χ0n) is 17.7. The van der Waals surface area contributed by atoms with E-state index in [9.17, 15) is 17.6 Å². The van der Waals surface area contributed by atoms with E-state index in [1.807, 2.05) is 0 Å². The predicted molar refractivity (Wildman–Crippen MR) is 113 cm³/mol. The van der Waals surface area contributed by atoms with Crippen molar-refractivity contribution in [2.75, 3.05) is 18.1 Å². The second-order valence-corrected chi connectivity index (χ2v) is 8.74. The van der Waals surface area contributed by atoms with Crippen LogP contribution in [0.1, 0.15) is 24.8 Å². The van der Waals surface area contributed by atoms with Gasteiger partial charge < -0.3 is 9.64 Å². The number of rotatable bonds is 4. The molecule has 6 rings (SSSR count). The zero-order chi connectivity index (χ0) is 23.7. The second-order valence-electron chi connectivity index (χ2n) is 8.74. The normalized spacial score (nSPS) is 17.1. The van der Waals surface area contributed by atoms with E-state index in [1.54, 1.807) is 23.1 Å². The molecule has 0 amide bonds. The number of alkyl halides is 3. The summed E-state index contributed by atoms with van der Waals surface area (Å²) in [5.41, 5.74) is -0.116. The summed E-state index contributed by atoms with van der Waals surface area (Å²) in [4.78, 5) is 6.14. The van der Waals surface area contributed by atoms with Crippen LogP contribution in [0.4, 0.5) is 33.5 Å². The fourth-order valence-electron chi connectivity index (χ4n) is 4.70. The smallest absolute Gasteiger partial charge is 0.394 e. The quantitative estimate of drug-likeness (QED) is 0.372. The first kappa shape index (κ1) is 21.1. The van der Waals surface area contributed by atoms with Gasteiger partial charge in [-0.15, -0.1) is 10.2 Å². The third-order valence-electron chi connectivity index (χ3n) is 6.80. The van der Waals surface area contributed by atoms with Crippen LogP contribution in [0.15, 0.2) is 36.7 Å². The van der Waals surface area contributed by atoms with Crippen molar-refractivity contribution in [2.45, 2.75) is 31.9 Å². The fourth-order valence-corrected chi connectivity index (χ4v) is 4.70. The minimum Gasteiger partial charge on any atom is -0.489 e. The topological polar surface area (TPSA) is 55.5 Å². The number of hydrogen-bond acceptors (Lipinski definition) is 5. The van der Waals surface area contributed by atoms with E-state index in [-0.39, 0.29) is 55.8 Å². The molecule has 0 bridgehead atoms. The minimum atomic E-state index is -4.23. The highest BCUT2D eigenvalue weighted by Crippen LogP contribution is 2.60. The summed E-state index contributed by atoms with van der Waals surface area (Å²) >= 11 is 0. The number of halogens is 5. The summed E-state index contributed by atoms with van der Waals surface area (Å²) in [5, 5.41) is 7.74. The Morgan fingerprint density at radius 1 is 1.09 bits per heavy atom. The summed E-state index contributed by atoms with van der Waals surface area (Å²) in [6, 6.07) is 7.65. The SMILES string of the molecule is Fc1ccc2c(c(N3CCOc4c(CCC5(C(F)(F)F)CC5)cccc43)nc3nncn32)c1F. The van der Waals surface area contributed by atoms with Crippen molar-refractivity contribution in [3.05, 3.63) is 53.9 Å². The molecule has 0 N–H and O–H groups in total. The Bertz CT molecular complexity index is 1430. The van der Waals surface area contributed by atoms with Crippen LogP contribution in [0.5, 0.6) is 5.75 Å². The van der Waals surface area contributed by atoms with Crippen LogP contribution in [0.2, 0.25) is 0 Å². The molecule has 0 unspecified atom stereocenters. The molecule has 6 nitrogen and oxygen atoms in total. The van der Waals surface area contributed by atoms with Crippen LogP contribution >= 0.6 is 0 Å². The van der Waals surface area contributed by atoms with Gasteiger partial charge in [-0.05, 0) is 49.4 Å². The molecule has 3 heterocycles. The van der Waals surface area contributed by atoms with Gasteiger partial charge in [0.25, 0.3) is 5.78 Å². The first-order chi connectivity index (χ1) is 16.3. The summed E-state index contributed by atoms with van der Waals surface area (Å²) in [6.45, 7) is 0.484. The lowest BCUT2D eigenvalue weighted by molar-refractivity contribution is -0.188. The number of benzene rings is 2. The van der Waals surface area contributed by atoms with Gasteiger partial charge in [0, 0.05) is 0 Å². The third-order valence-corrected chi connectivity index (χ3v) is 6.80. The Hall–Kier alpha value is -3.50. The van der Waals surface area contributed by atoms with Crippen LogP contribution in [-0.2, 0) is 6.42 Å². The maximum atomic E-state index is 15.0. The van der Waals surface area contributed by atoms with E-state index in [1.165, 1.54) is 16.8 Å². The average Bonchev–Trinajstić information content (AvgIpc) is 3.48. The van der Waals surface area contributed by atoms with Gasteiger partial charge in [0.2, 0.25) is 0 Å². The van der Waals surface area contributed by atoms with Crippen LogP contribution in [-0.4, -0.2) is 38.9 Å². The number of hydrogen-bond donors (Lipinski definition) is 0. The van der Waals surface area contributed by atoms with Crippen LogP contribution in [0.3, 0.4) is 0 Å². The highest BCUT2D eigenvalue weighted by Gasteiger charge is 2.62. The van der Waals surface area contributed by atoms with Crippen LogP contribution in [0.25, 0.3) is 16.7 Å². The standard InChI is InChI=1S/C23H18F5N5O/c24-14-4-5-15-17(18(14)25)20(30-21-31-29-12-33(15)21)32-10-11-34-19-13(2-1-3-16(19)32)6-7-22(8-9-22)23(26,27)28/h1-5,12H,6-11H2. The van der Waals surface area contributed by atoms with E-state index in [4.69, 9.17) is 4.74 Å². The fraction of sp³-hybridized carbons (Fsp3) is 0.348. The highest BCUT2D eigenvalue weighted by atomic mass is 19.4. The molecule has 4 aromatic rings. The number of fused-ring (bicyclic) bond motifs is 4. The highest BCUT2D eigenvalue weighted by molar-refractivity contribution is 5.95. The Balaban J connectivity index is 1.45. The van der Waals surface area contributed by atoms with E-state index < -0.39 is 23.2 Å². The van der Waals surface area contributed by atoms with Crippen LogP contribution in [0, 0.1) is 17.0 Å². The average molecular weight is 475 g/mol. The van der Waals surface area contributed by atoms with Crippen molar-refractivity contribution < 1.29 is 26.7 Å². The molecule has 0 spiro atoms. The van der Waals surface area contributed by atoms with E-state index >= 15 is 4.39 Å². The Morgan fingerprint density at radius 2 is 1.91 bits per heavy atom. The first-order valence-corrected chi connectivity index (χ1v) is 10.9. The van der Waals surface area contributed by atoms with Crippen molar-refractivity contribution in [3.63, 3.8) is 0 Å². The van der Waals surface area contributed by atoms with E-state index in [0.717, 1.165) is 6.07 Å². The lowest BCUT2D eigenvalue weighted by Gasteiger charge is -2.32. The number of anilines is 2. The van der Waals surface area contributed by atoms with Gasteiger partial charge >= 0.3 is 6.18 Å². The summed E-state index contributed by atoms with van der Waals surface area (Å²) in [5.74, 6) is -1.30. The van der Waals surface area contributed by atoms with Crippen molar-refractivity contribution in [2.24, 2.45) is 5.41 Å². The lowest BCUT2D eigenvalue weighted by Crippen LogP contribution is -2.30. The number of ether oxygens (including phenoxy) is 1. The molecule has 2 aromatic carbocycles. The van der Waals surface area contributed by atoms with Gasteiger partial charge in [-0.1, -0.05) is 12.1 Å². The number of nitrogens with zero attached hydrogens (tertiary/aromatic N) is 5. The molecular formula is C23H18F5N5O. The molecule has 176 valence electrons. The number of para-hydroxylation sites is 1. The minimum absolute atomic E-state index is 0.0248. The van der Waals surface area contributed by atoms with E-state index in [0.29, 0.717) is 22.5 Å². The predicted octanol–water partition coefficient (Wildman–Crippen LogP) is 5.36. The first-order valence-electron chi connectivity index (χ1n) is 10.9. The molecule has 1 aliphatic heterocycles. The Morgan fingerprint density at radius 3 is 2.68 bits per heavy atom. The van der Waals surface area contributed by atoms with Crippen molar-refractivity contribution >= 4 is 28.2 Å². The molecule has 1 saturated carbocycles. The van der Waals surface area contributed by atoms with Gasteiger partial charge in [-0.2, -0.15) is 18.2 Å². The molecule has 34 heavy (non-hydrogen) atoms. The molecule has 2 aromatic heterocycles. The maximum absolute atomic E-state index is 15.0. The number of aromatic nitrogens is 4. The molecule has 0 saturated heterocycles. The van der Waals surface area contributed by atoms with Crippen LogP contribution < -0.4 is 9.64 Å². The Labute approximate surface area is 190 Å². The largest absolute Gasteiger partial charge is 0.489 e. The molecule has 11 heteroatoms. The van der Waals surface area contributed by atoms with Gasteiger partial charge in [0.1, 0.15) is 24.5 Å². The molecule has 1 aliphatic carbocycles. The molecule has 2 aliphatic rings. The second kappa shape index (κ2) is 7.25. The van der Waals surface area contributed by atoms with Crippen molar-refractivity contribution in [1.29, 1.82) is 0 Å². The van der Waals surface area contributed by atoms with Gasteiger partial charge in [0.05, 0.1) is 28.6 Å². The number of aryl methyl sites for hydroxylation is 1. The maximum Gasteiger partial charge on any atom is 0.394 e. The summed E-state index contributed by atoms with van der Waals surface area (Å²) in [6.07, 6.45) is -2.42.